The summed E-state index contributed by atoms with van der Waals surface area (Å²) in [5.41, 5.74) is 7.00. The highest BCUT2D eigenvalue weighted by molar-refractivity contribution is 9.10. The van der Waals surface area contributed by atoms with Crippen molar-refractivity contribution in [2.24, 2.45) is 11.7 Å². The lowest BCUT2D eigenvalue weighted by Crippen LogP contribution is -2.36. The number of rotatable bonds is 3. The first-order valence-corrected chi connectivity index (χ1v) is 6.65. The molecule has 2 nitrogen and oxygen atoms in total. The van der Waals surface area contributed by atoms with Gasteiger partial charge < -0.3 is 10.8 Å². The van der Waals surface area contributed by atoms with E-state index in [0.29, 0.717) is 10.9 Å². The van der Waals surface area contributed by atoms with Crippen molar-refractivity contribution in [3.05, 3.63) is 33.3 Å². The van der Waals surface area contributed by atoms with Gasteiger partial charge in [-0.2, -0.15) is 0 Å². The number of aliphatic hydroxyl groups is 1. The van der Waals surface area contributed by atoms with Crippen molar-refractivity contribution in [1.82, 2.24) is 0 Å². The Labute approximate surface area is 121 Å². The van der Waals surface area contributed by atoms with Crippen LogP contribution >= 0.6 is 39.9 Å². The largest absolute Gasteiger partial charge is 0.391 e. The summed E-state index contributed by atoms with van der Waals surface area (Å²) >= 11 is 9.30. The second kappa shape index (κ2) is 6.39. The first kappa shape index (κ1) is 15.3. The standard InChI is InChI=1S/C12H15BrClNO.ClH/c13-10-6-8(14)4-5-9(10)11(15)12(16)7-2-1-3-7;/h4-7,11-12,16H,1-3,15H2;1H/t11-,12+;/m1./s1. The predicted molar refractivity (Wildman–Crippen MR) is 76.7 cm³/mol. The summed E-state index contributed by atoms with van der Waals surface area (Å²) in [7, 11) is 0. The van der Waals surface area contributed by atoms with Crippen molar-refractivity contribution >= 4 is 39.9 Å². The van der Waals surface area contributed by atoms with Crippen molar-refractivity contribution in [1.29, 1.82) is 0 Å². The number of halogens is 3. The van der Waals surface area contributed by atoms with Gasteiger partial charge >= 0.3 is 0 Å². The first-order valence-electron chi connectivity index (χ1n) is 5.48. The van der Waals surface area contributed by atoms with Gasteiger partial charge in [0.1, 0.15) is 0 Å². The SMILES string of the molecule is Cl.N[C@H](c1ccc(Cl)cc1Br)[C@@H](O)C1CCC1. The molecule has 1 saturated carbocycles. The van der Waals surface area contributed by atoms with Gasteiger partial charge in [0.25, 0.3) is 0 Å². The van der Waals surface area contributed by atoms with E-state index in [1.54, 1.807) is 6.07 Å². The van der Waals surface area contributed by atoms with Crippen LogP contribution in [0.1, 0.15) is 30.9 Å². The minimum atomic E-state index is -0.453. The van der Waals surface area contributed by atoms with Gasteiger partial charge in [-0.25, -0.2) is 0 Å². The summed E-state index contributed by atoms with van der Waals surface area (Å²) in [4.78, 5) is 0. The Hall–Kier alpha value is 0.200. The van der Waals surface area contributed by atoms with E-state index < -0.39 is 6.10 Å². The highest BCUT2D eigenvalue weighted by Gasteiger charge is 2.31. The lowest BCUT2D eigenvalue weighted by Gasteiger charge is -2.34. The molecule has 1 aromatic rings. The predicted octanol–water partition coefficient (Wildman–Crippen LogP) is 3.69. The zero-order valence-electron chi connectivity index (χ0n) is 9.27. The molecule has 17 heavy (non-hydrogen) atoms. The number of nitrogens with two attached hydrogens (primary N) is 1. The van der Waals surface area contributed by atoms with Crippen molar-refractivity contribution in [2.45, 2.75) is 31.4 Å². The van der Waals surface area contributed by atoms with Gasteiger partial charge in [-0.05, 0) is 36.5 Å². The number of aliphatic hydroxyl groups excluding tert-OH is 1. The summed E-state index contributed by atoms with van der Waals surface area (Å²) < 4.78 is 0.867. The Kier molecular flexibility index (Phi) is 5.74. The normalized spacial score (nSPS) is 19.1. The molecule has 0 radical (unpaired) electrons. The fourth-order valence-electron chi connectivity index (χ4n) is 2.03. The zero-order chi connectivity index (χ0) is 11.7. The van der Waals surface area contributed by atoms with Gasteiger partial charge in [0, 0.05) is 9.50 Å². The number of hydrogen-bond acceptors (Lipinski definition) is 2. The summed E-state index contributed by atoms with van der Waals surface area (Å²) in [6.07, 6.45) is 2.92. The molecular formula is C12H16BrCl2NO. The quantitative estimate of drug-likeness (QED) is 0.881. The van der Waals surface area contributed by atoms with Gasteiger partial charge in [0.05, 0.1) is 12.1 Å². The molecule has 0 aliphatic heterocycles. The molecular weight excluding hydrogens is 325 g/mol. The number of benzene rings is 1. The average Bonchev–Trinajstić information content (AvgIpc) is 2.14. The highest BCUT2D eigenvalue weighted by Crippen LogP contribution is 2.36. The molecule has 0 spiro atoms. The van der Waals surface area contributed by atoms with Crippen LogP contribution in [0.3, 0.4) is 0 Å². The fourth-order valence-corrected chi connectivity index (χ4v) is 2.98. The third kappa shape index (κ3) is 3.36. The molecule has 0 unspecified atom stereocenters. The zero-order valence-corrected chi connectivity index (χ0v) is 12.4. The Balaban J connectivity index is 0.00000144. The molecule has 0 aromatic heterocycles. The van der Waals surface area contributed by atoms with Crippen LogP contribution in [-0.4, -0.2) is 11.2 Å². The fraction of sp³-hybridized carbons (Fsp3) is 0.500. The van der Waals surface area contributed by atoms with Crippen molar-refractivity contribution in [3.63, 3.8) is 0 Å². The lowest BCUT2D eigenvalue weighted by atomic mass is 9.77. The summed E-state index contributed by atoms with van der Waals surface area (Å²) in [6.45, 7) is 0. The van der Waals surface area contributed by atoms with E-state index in [1.165, 1.54) is 6.42 Å². The van der Waals surface area contributed by atoms with Gasteiger partial charge in [0.2, 0.25) is 0 Å². The van der Waals surface area contributed by atoms with Gasteiger partial charge in [0.15, 0.2) is 0 Å². The Morgan fingerprint density at radius 1 is 1.41 bits per heavy atom. The Bertz CT molecular complexity index is 385. The van der Waals surface area contributed by atoms with Crippen LogP contribution < -0.4 is 5.73 Å². The van der Waals surface area contributed by atoms with Crippen LogP contribution in [0.4, 0.5) is 0 Å². The average molecular weight is 341 g/mol. The van der Waals surface area contributed by atoms with Crippen LogP contribution in [0.15, 0.2) is 22.7 Å². The number of hydrogen-bond donors (Lipinski definition) is 2. The minimum Gasteiger partial charge on any atom is -0.391 e. The third-order valence-electron chi connectivity index (χ3n) is 3.32. The van der Waals surface area contributed by atoms with Crippen molar-refractivity contribution in [2.75, 3.05) is 0 Å². The molecule has 96 valence electrons. The molecule has 1 aliphatic carbocycles. The molecule has 0 bridgehead atoms. The van der Waals surface area contributed by atoms with E-state index >= 15 is 0 Å². The van der Waals surface area contributed by atoms with Crippen LogP contribution in [-0.2, 0) is 0 Å². The summed E-state index contributed by atoms with van der Waals surface area (Å²) in [6, 6.07) is 5.15. The van der Waals surface area contributed by atoms with Crippen molar-refractivity contribution < 1.29 is 5.11 Å². The highest BCUT2D eigenvalue weighted by atomic mass is 79.9. The second-order valence-corrected chi connectivity index (χ2v) is 5.66. The smallest absolute Gasteiger partial charge is 0.0761 e. The van der Waals surface area contributed by atoms with Crippen LogP contribution in [0.5, 0.6) is 0 Å². The van der Waals surface area contributed by atoms with Gasteiger partial charge in [-0.1, -0.05) is 40.0 Å². The topological polar surface area (TPSA) is 46.2 Å². The van der Waals surface area contributed by atoms with E-state index in [-0.39, 0.29) is 18.4 Å². The third-order valence-corrected chi connectivity index (χ3v) is 4.24. The van der Waals surface area contributed by atoms with E-state index in [2.05, 4.69) is 15.9 Å². The van der Waals surface area contributed by atoms with E-state index in [4.69, 9.17) is 17.3 Å². The second-order valence-electron chi connectivity index (χ2n) is 4.37. The first-order chi connectivity index (χ1) is 7.59. The maximum atomic E-state index is 10.1. The molecule has 0 saturated heterocycles. The van der Waals surface area contributed by atoms with E-state index in [1.807, 2.05) is 12.1 Å². The van der Waals surface area contributed by atoms with Crippen molar-refractivity contribution in [3.8, 4) is 0 Å². The molecule has 0 amide bonds. The summed E-state index contributed by atoms with van der Waals surface area (Å²) in [5.74, 6) is 0.359. The maximum Gasteiger partial charge on any atom is 0.0761 e. The molecule has 2 rings (SSSR count). The minimum absolute atomic E-state index is 0. The maximum absolute atomic E-state index is 10.1. The molecule has 1 aromatic carbocycles. The van der Waals surface area contributed by atoms with E-state index in [9.17, 15) is 5.11 Å². The van der Waals surface area contributed by atoms with E-state index in [0.717, 1.165) is 22.9 Å². The lowest BCUT2D eigenvalue weighted by molar-refractivity contribution is 0.0412. The van der Waals surface area contributed by atoms with Gasteiger partial charge in [-0.15, -0.1) is 12.4 Å². The Morgan fingerprint density at radius 3 is 2.53 bits per heavy atom. The molecule has 0 heterocycles. The molecule has 1 aliphatic rings. The molecule has 5 heteroatoms. The molecule has 1 fully saturated rings. The monoisotopic (exact) mass is 339 g/mol. The van der Waals surface area contributed by atoms with Crippen LogP contribution in [0, 0.1) is 5.92 Å². The summed E-state index contributed by atoms with van der Waals surface area (Å²) in [5, 5.41) is 10.8. The molecule has 2 atom stereocenters. The molecule has 3 N–H and O–H groups in total. The Morgan fingerprint density at radius 2 is 2.06 bits per heavy atom. The van der Waals surface area contributed by atoms with Crippen LogP contribution in [0.25, 0.3) is 0 Å². The van der Waals surface area contributed by atoms with Crippen LogP contribution in [0.2, 0.25) is 5.02 Å². The van der Waals surface area contributed by atoms with Gasteiger partial charge in [-0.3, -0.25) is 0 Å².